The predicted molar refractivity (Wildman–Crippen MR) is 78.5 cm³/mol. The Balaban J connectivity index is 1.69. The lowest BCUT2D eigenvalue weighted by Crippen LogP contribution is -2.25. The molecule has 110 valence electrons. The van der Waals surface area contributed by atoms with Crippen LogP contribution in [-0.4, -0.2) is 38.5 Å². The molecule has 1 unspecified atom stereocenters. The van der Waals surface area contributed by atoms with Crippen molar-refractivity contribution in [1.29, 1.82) is 0 Å². The van der Waals surface area contributed by atoms with Crippen molar-refractivity contribution in [2.24, 2.45) is 5.92 Å². The number of thioether (sulfide) groups is 1. The highest BCUT2D eigenvalue weighted by Crippen LogP contribution is 2.25. The van der Waals surface area contributed by atoms with E-state index in [4.69, 9.17) is 4.63 Å². The van der Waals surface area contributed by atoms with Gasteiger partial charge in [0.1, 0.15) is 11.0 Å². The number of aromatic nitrogens is 2. The average molecular weight is 305 g/mol. The van der Waals surface area contributed by atoms with Gasteiger partial charge in [0.15, 0.2) is 5.12 Å². The van der Waals surface area contributed by atoms with Crippen LogP contribution in [0.3, 0.4) is 0 Å². The van der Waals surface area contributed by atoms with E-state index in [9.17, 15) is 9.59 Å². The Morgan fingerprint density at radius 2 is 2.33 bits per heavy atom. The van der Waals surface area contributed by atoms with Crippen molar-refractivity contribution in [3.63, 3.8) is 0 Å². The molecule has 0 bridgehead atoms. The minimum absolute atomic E-state index is 0.0966. The molecule has 1 amide bonds. The monoisotopic (exact) mass is 305 g/mol. The van der Waals surface area contributed by atoms with Crippen molar-refractivity contribution >= 4 is 33.8 Å². The zero-order valence-corrected chi connectivity index (χ0v) is 12.4. The molecule has 2 aromatic rings. The summed E-state index contributed by atoms with van der Waals surface area (Å²) in [5, 5.41) is 7.79. The van der Waals surface area contributed by atoms with Crippen LogP contribution in [0.25, 0.3) is 11.0 Å². The first-order valence-corrected chi connectivity index (χ1v) is 7.73. The minimum atomic E-state index is 0.0966. The molecule has 1 aliphatic rings. The van der Waals surface area contributed by atoms with Crippen LogP contribution in [-0.2, 0) is 16.1 Å². The number of benzene rings is 1. The smallest absolute Gasteiger partial charge is 0.223 e. The Bertz CT molecular complexity index is 685. The number of hydrogen-bond acceptors (Lipinski definition) is 6. The van der Waals surface area contributed by atoms with Crippen LogP contribution >= 0.6 is 11.8 Å². The third-order valence-electron chi connectivity index (χ3n) is 3.55. The second kappa shape index (κ2) is 5.85. The van der Waals surface area contributed by atoms with Crippen molar-refractivity contribution in [2.45, 2.75) is 19.9 Å². The lowest BCUT2D eigenvalue weighted by Gasteiger charge is -2.16. The molecule has 0 radical (unpaired) electrons. The summed E-state index contributed by atoms with van der Waals surface area (Å²) < 4.78 is 4.74. The van der Waals surface area contributed by atoms with Crippen LogP contribution in [0.15, 0.2) is 22.8 Å². The Kier molecular flexibility index (Phi) is 3.92. The third kappa shape index (κ3) is 3.07. The van der Waals surface area contributed by atoms with Gasteiger partial charge in [0, 0.05) is 37.8 Å². The van der Waals surface area contributed by atoms with Crippen molar-refractivity contribution in [1.82, 2.24) is 15.2 Å². The third-order valence-corrected chi connectivity index (χ3v) is 4.59. The summed E-state index contributed by atoms with van der Waals surface area (Å²) in [7, 11) is 0. The van der Waals surface area contributed by atoms with Gasteiger partial charge in [-0.25, -0.2) is 4.63 Å². The summed E-state index contributed by atoms with van der Waals surface area (Å²) in [6.45, 7) is 2.74. The highest BCUT2D eigenvalue weighted by molar-refractivity contribution is 8.13. The summed E-state index contributed by atoms with van der Waals surface area (Å²) in [5.41, 5.74) is 2.33. The number of amides is 1. The first-order chi connectivity index (χ1) is 10.1. The summed E-state index contributed by atoms with van der Waals surface area (Å²) in [6, 6.07) is 5.64. The van der Waals surface area contributed by atoms with Crippen molar-refractivity contribution < 1.29 is 14.2 Å². The molecule has 1 aromatic heterocycles. The summed E-state index contributed by atoms with van der Waals surface area (Å²) in [5.74, 6) is 1.06. The van der Waals surface area contributed by atoms with E-state index in [-0.39, 0.29) is 16.9 Å². The average Bonchev–Trinajstić information content (AvgIpc) is 3.04. The summed E-state index contributed by atoms with van der Waals surface area (Å²) >= 11 is 1.29. The predicted octanol–water partition coefficient (Wildman–Crippen LogP) is 1.85. The van der Waals surface area contributed by atoms with E-state index >= 15 is 0 Å². The molecule has 0 saturated carbocycles. The molecule has 7 heteroatoms. The van der Waals surface area contributed by atoms with Crippen molar-refractivity contribution in [2.75, 3.05) is 12.3 Å². The van der Waals surface area contributed by atoms with E-state index in [1.807, 2.05) is 23.1 Å². The molecular weight excluding hydrogens is 290 g/mol. The van der Waals surface area contributed by atoms with E-state index in [1.165, 1.54) is 11.8 Å². The SMILES string of the molecule is CC(=O)SCC1CC(=O)N(Cc2cccc3nonc23)C1. The number of likely N-dealkylation sites (tertiary alicyclic amines) is 1. The molecule has 0 spiro atoms. The fourth-order valence-corrected chi connectivity index (χ4v) is 3.24. The molecule has 1 atom stereocenters. The Labute approximate surface area is 125 Å². The van der Waals surface area contributed by atoms with Gasteiger partial charge in [0.25, 0.3) is 0 Å². The Hall–Kier alpha value is -1.89. The van der Waals surface area contributed by atoms with E-state index in [0.717, 1.165) is 5.56 Å². The maximum atomic E-state index is 12.1. The highest BCUT2D eigenvalue weighted by atomic mass is 32.2. The minimum Gasteiger partial charge on any atom is -0.338 e. The molecule has 1 aliphatic heterocycles. The first kappa shape index (κ1) is 14.1. The van der Waals surface area contributed by atoms with Gasteiger partial charge in [-0.1, -0.05) is 23.9 Å². The molecular formula is C14H15N3O3S. The number of hydrogen-bond donors (Lipinski definition) is 0. The molecule has 1 aromatic carbocycles. The number of nitrogens with zero attached hydrogens (tertiary/aromatic N) is 3. The standard InChI is InChI=1S/C14H15N3O3S/c1-9(18)21-8-10-5-13(19)17(6-10)7-11-3-2-4-12-14(11)16-20-15-12/h2-4,10H,5-8H2,1H3. The van der Waals surface area contributed by atoms with E-state index in [0.29, 0.717) is 36.3 Å². The number of rotatable bonds is 4. The van der Waals surface area contributed by atoms with Crippen LogP contribution in [0.2, 0.25) is 0 Å². The van der Waals surface area contributed by atoms with Gasteiger partial charge in [-0.3, -0.25) is 9.59 Å². The zero-order chi connectivity index (χ0) is 14.8. The molecule has 21 heavy (non-hydrogen) atoms. The number of fused-ring (bicyclic) bond motifs is 1. The fraction of sp³-hybridized carbons (Fsp3) is 0.429. The summed E-state index contributed by atoms with van der Waals surface area (Å²) in [6.07, 6.45) is 0.507. The molecule has 6 nitrogen and oxygen atoms in total. The van der Waals surface area contributed by atoms with Gasteiger partial charge in [0.2, 0.25) is 5.91 Å². The second-order valence-electron chi connectivity index (χ2n) is 5.20. The zero-order valence-electron chi connectivity index (χ0n) is 11.6. The molecule has 0 aliphatic carbocycles. The quantitative estimate of drug-likeness (QED) is 0.858. The maximum absolute atomic E-state index is 12.1. The summed E-state index contributed by atoms with van der Waals surface area (Å²) in [4.78, 5) is 24.9. The van der Waals surface area contributed by atoms with Gasteiger partial charge >= 0.3 is 0 Å². The van der Waals surface area contributed by atoms with Crippen LogP contribution in [0.5, 0.6) is 0 Å². The fourth-order valence-electron chi connectivity index (χ4n) is 2.55. The molecule has 2 heterocycles. The Morgan fingerprint density at radius 3 is 3.14 bits per heavy atom. The lowest BCUT2D eigenvalue weighted by atomic mass is 10.1. The van der Waals surface area contributed by atoms with E-state index in [2.05, 4.69) is 10.3 Å². The largest absolute Gasteiger partial charge is 0.338 e. The van der Waals surface area contributed by atoms with E-state index < -0.39 is 0 Å². The van der Waals surface area contributed by atoms with Gasteiger partial charge in [-0.15, -0.1) is 0 Å². The number of carbonyl (C=O) groups is 2. The van der Waals surface area contributed by atoms with Crippen LogP contribution in [0.4, 0.5) is 0 Å². The number of carbonyl (C=O) groups excluding carboxylic acids is 2. The van der Waals surface area contributed by atoms with Crippen LogP contribution in [0, 0.1) is 5.92 Å². The first-order valence-electron chi connectivity index (χ1n) is 6.75. The topological polar surface area (TPSA) is 76.3 Å². The van der Waals surface area contributed by atoms with Gasteiger partial charge < -0.3 is 4.90 Å². The molecule has 1 saturated heterocycles. The van der Waals surface area contributed by atoms with Gasteiger partial charge in [0.05, 0.1) is 0 Å². The van der Waals surface area contributed by atoms with Gasteiger partial charge in [-0.05, 0) is 22.3 Å². The molecule has 1 fully saturated rings. The lowest BCUT2D eigenvalue weighted by molar-refractivity contribution is -0.128. The van der Waals surface area contributed by atoms with Gasteiger partial charge in [-0.2, -0.15) is 0 Å². The highest BCUT2D eigenvalue weighted by Gasteiger charge is 2.30. The van der Waals surface area contributed by atoms with Crippen LogP contribution in [0.1, 0.15) is 18.9 Å². The van der Waals surface area contributed by atoms with E-state index in [1.54, 1.807) is 6.92 Å². The Morgan fingerprint density at radius 1 is 1.48 bits per heavy atom. The molecule has 3 rings (SSSR count). The normalized spacial score (nSPS) is 18.6. The van der Waals surface area contributed by atoms with Crippen molar-refractivity contribution in [3.8, 4) is 0 Å². The molecule has 0 N–H and O–H groups in total. The maximum Gasteiger partial charge on any atom is 0.223 e. The second-order valence-corrected chi connectivity index (χ2v) is 6.39. The van der Waals surface area contributed by atoms with Crippen LogP contribution < -0.4 is 0 Å². The van der Waals surface area contributed by atoms with Crippen molar-refractivity contribution in [3.05, 3.63) is 23.8 Å².